The van der Waals surface area contributed by atoms with E-state index in [2.05, 4.69) is 13.0 Å². The largest absolute Gasteiger partial charge is 0.460 e. The number of piperidine rings is 1. The third-order valence-electron chi connectivity index (χ3n) is 14.8. The highest BCUT2D eigenvalue weighted by Crippen LogP contribution is 2.38. The number of aliphatic hydroxyl groups is 3. The lowest BCUT2D eigenvalue weighted by atomic mass is 9.78. The van der Waals surface area contributed by atoms with Crippen LogP contribution in [0.25, 0.3) is 0 Å². The molecule has 0 aromatic carbocycles. The fourth-order valence-electron chi connectivity index (χ4n) is 10.4. The second kappa shape index (κ2) is 25.3. The molecule has 4 rings (SSSR count). The Hall–Kier alpha value is -3.11. The number of amides is 1. The molecular weight excluding hydrogens is 835 g/mol. The lowest BCUT2D eigenvalue weighted by molar-refractivity contribution is -0.265. The topological polar surface area (TPSA) is 195 Å². The standard InChI is InChI=1S/C51H81NO13/c1-30-16-12-11-13-17-31(2)42(61-8)28-38-21-19-36(7)51(60,65-38)48(57)49(58)52-23-15-14-18-39(52)50(59)64-43(33(4)26-37-20-22-40(53)44(27-37)62-9)29-41(54)32(3)25-35(6)46(56)47(63-10)45(55)34(5)24-30/h11,13,17,25,30,32-34,36-40,42-44,46-47,53,56,60H,12,14-16,18-24,26-29H2,1-10H3/b13-11+,31-17+,35-25+. The van der Waals surface area contributed by atoms with Crippen molar-refractivity contribution < 1.29 is 63.0 Å². The van der Waals surface area contributed by atoms with Crippen molar-refractivity contribution in [3.63, 3.8) is 0 Å². The Balaban J connectivity index is 1.69. The van der Waals surface area contributed by atoms with Gasteiger partial charge < -0.3 is 43.9 Å². The second-order valence-electron chi connectivity index (χ2n) is 20.0. The summed E-state index contributed by atoms with van der Waals surface area (Å²) in [7, 11) is 4.55. The maximum absolute atomic E-state index is 14.4. The number of methoxy groups -OCH3 is 3. The first-order valence-electron chi connectivity index (χ1n) is 24.2. The highest BCUT2D eigenvalue weighted by Gasteiger charge is 2.53. The van der Waals surface area contributed by atoms with E-state index in [1.807, 2.05) is 32.9 Å². The van der Waals surface area contributed by atoms with Gasteiger partial charge in [0, 0.05) is 58.5 Å². The minimum atomic E-state index is -2.42. The Bertz CT molecular complexity index is 1710. The number of rotatable bonds is 6. The molecule has 3 fully saturated rings. The van der Waals surface area contributed by atoms with Crippen molar-refractivity contribution in [3.8, 4) is 0 Å². The minimum absolute atomic E-state index is 0.0928. The molecule has 368 valence electrons. The number of ketones is 3. The molecule has 2 bridgehead atoms. The quantitative estimate of drug-likeness (QED) is 0.151. The zero-order valence-corrected chi connectivity index (χ0v) is 40.9. The first-order chi connectivity index (χ1) is 30.7. The number of hydrogen-bond acceptors (Lipinski definition) is 13. The molecule has 15 atom stereocenters. The van der Waals surface area contributed by atoms with E-state index >= 15 is 0 Å². The first kappa shape index (κ1) is 54.5. The maximum atomic E-state index is 14.4. The normalized spacial score (nSPS) is 40.2. The lowest BCUT2D eigenvalue weighted by Crippen LogP contribution is -2.61. The summed E-state index contributed by atoms with van der Waals surface area (Å²) >= 11 is 0. The Morgan fingerprint density at radius 3 is 2.26 bits per heavy atom. The maximum Gasteiger partial charge on any atom is 0.329 e. The number of nitrogens with zero attached hydrogens (tertiary/aromatic N) is 1. The highest BCUT2D eigenvalue weighted by molar-refractivity contribution is 6.39. The van der Waals surface area contributed by atoms with E-state index < -0.39 is 83.9 Å². The Labute approximate surface area is 387 Å². The van der Waals surface area contributed by atoms with Crippen LogP contribution in [0.5, 0.6) is 0 Å². The number of carbonyl (C=O) groups is 5. The summed E-state index contributed by atoms with van der Waals surface area (Å²) < 4.78 is 29.4. The van der Waals surface area contributed by atoms with Gasteiger partial charge >= 0.3 is 5.97 Å². The van der Waals surface area contributed by atoms with Gasteiger partial charge in [0.1, 0.15) is 30.1 Å². The summed E-state index contributed by atoms with van der Waals surface area (Å²) in [6.07, 6.45) is 9.47. The van der Waals surface area contributed by atoms with Crippen LogP contribution in [-0.4, -0.2) is 132 Å². The number of cyclic esters (lactones) is 1. The SMILES string of the molecule is COC1CC2CCC(C)C(O)(O2)C(=O)C(=O)N2CCCCC2C(=O)OC(C(C)CC2CCC(O)C(OC)C2)CC(=O)C(C)/C=C(\C)C(O)C(OC)C(=O)C(C)CC(C)CC/C=C/C=C/1C. The molecule has 14 heteroatoms. The van der Waals surface area contributed by atoms with Gasteiger partial charge in [-0.25, -0.2) is 4.79 Å². The van der Waals surface area contributed by atoms with Crippen molar-refractivity contribution in [2.24, 2.45) is 35.5 Å². The number of ether oxygens (including phenoxy) is 5. The first-order valence-corrected chi connectivity index (χ1v) is 24.2. The Morgan fingerprint density at radius 1 is 0.862 bits per heavy atom. The lowest BCUT2D eigenvalue weighted by Gasteiger charge is -2.42. The summed E-state index contributed by atoms with van der Waals surface area (Å²) in [5, 5.41) is 33.9. The average Bonchev–Trinajstić information content (AvgIpc) is 3.28. The molecule has 15 unspecified atom stereocenters. The van der Waals surface area contributed by atoms with Crippen LogP contribution in [0.4, 0.5) is 0 Å². The molecule has 0 aromatic rings. The van der Waals surface area contributed by atoms with Crippen LogP contribution in [0, 0.1) is 35.5 Å². The van der Waals surface area contributed by atoms with E-state index in [0.717, 1.165) is 24.8 Å². The number of esters is 1. The van der Waals surface area contributed by atoms with Crippen LogP contribution < -0.4 is 0 Å². The van der Waals surface area contributed by atoms with Crippen molar-refractivity contribution in [3.05, 3.63) is 35.5 Å². The molecule has 3 aliphatic heterocycles. The van der Waals surface area contributed by atoms with Gasteiger partial charge in [-0.1, -0.05) is 58.9 Å². The predicted octanol–water partition coefficient (Wildman–Crippen LogP) is 6.40. The van der Waals surface area contributed by atoms with Crippen LogP contribution in [-0.2, 0) is 47.7 Å². The summed E-state index contributed by atoms with van der Waals surface area (Å²) in [5.74, 6) is -7.63. The molecular formula is C51H81NO13. The van der Waals surface area contributed by atoms with Crippen LogP contribution in [0.2, 0.25) is 0 Å². The number of Topliss-reactive ketones (excluding diaryl/α,β-unsaturated/α-hetero) is 3. The number of aliphatic hydroxyl groups excluding tert-OH is 2. The summed E-state index contributed by atoms with van der Waals surface area (Å²) in [6.45, 7) is 12.9. The van der Waals surface area contributed by atoms with E-state index in [0.29, 0.717) is 63.4 Å². The van der Waals surface area contributed by atoms with E-state index in [1.165, 1.54) is 12.0 Å². The molecule has 0 spiro atoms. The predicted molar refractivity (Wildman–Crippen MR) is 245 cm³/mol. The van der Waals surface area contributed by atoms with Gasteiger partial charge in [-0.3, -0.25) is 19.2 Å². The summed E-state index contributed by atoms with van der Waals surface area (Å²) in [4.78, 5) is 71.8. The molecule has 4 aliphatic rings. The van der Waals surface area contributed by atoms with Gasteiger partial charge in [-0.05, 0) is 120 Å². The van der Waals surface area contributed by atoms with Crippen molar-refractivity contribution >= 4 is 29.2 Å². The van der Waals surface area contributed by atoms with Crippen molar-refractivity contribution in [1.29, 1.82) is 0 Å². The Kier molecular flexibility index (Phi) is 21.2. The number of fused-ring (bicyclic) bond motifs is 3. The molecule has 0 radical (unpaired) electrons. The molecule has 14 nitrogen and oxygen atoms in total. The van der Waals surface area contributed by atoms with Gasteiger partial charge in [0.25, 0.3) is 11.7 Å². The van der Waals surface area contributed by atoms with Crippen LogP contribution in [0.15, 0.2) is 35.5 Å². The van der Waals surface area contributed by atoms with E-state index in [-0.39, 0.29) is 54.8 Å². The van der Waals surface area contributed by atoms with Crippen molar-refractivity contribution in [2.75, 3.05) is 27.9 Å². The van der Waals surface area contributed by atoms with E-state index in [9.17, 15) is 39.3 Å². The number of hydrogen-bond donors (Lipinski definition) is 3. The van der Waals surface area contributed by atoms with Gasteiger partial charge in [-0.2, -0.15) is 0 Å². The van der Waals surface area contributed by atoms with Gasteiger partial charge in [0.2, 0.25) is 5.79 Å². The average molecular weight is 916 g/mol. The molecule has 1 saturated carbocycles. The molecule has 65 heavy (non-hydrogen) atoms. The third kappa shape index (κ3) is 14.4. The highest BCUT2D eigenvalue weighted by atomic mass is 16.6. The van der Waals surface area contributed by atoms with E-state index in [1.54, 1.807) is 41.1 Å². The van der Waals surface area contributed by atoms with Gasteiger partial charge in [-0.15, -0.1) is 0 Å². The second-order valence-corrected chi connectivity index (χ2v) is 20.0. The molecule has 1 amide bonds. The molecule has 1 aliphatic carbocycles. The smallest absolute Gasteiger partial charge is 0.329 e. The Morgan fingerprint density at radius 2 is 1.58 bits per heavy atom. The van der Waals surface area contributed by atoms with Crippen LogP contribution >= 0.6 is 0 Å². The zero-order chi connectivity index (χ0) is 48.2. The fraction of sp³-hybridized carbons (Fsp3) is 0.784. The third-order valence-corrected chi connectivity index (χ3v) is 14.8. The van der Waals surface area contributed by atoms with Crippen LogP contribution in [0.1, 0.15) is 138 Å². The number of allylic oxidation sites excluding steroid dienone is 4. The van der Waals surface area contributed by atoms with Crippen molar-refractivity contribution in [1.82, 2.24) is 4.90 Å². The molecule has 3 heterocycles. The molecule has 3 N–H and O–H groups in total. The fourth-order valence-corrected chi connectivity index (χ4v) is 10.4. The monoisotopic (exact) mass is 916 g/mol. The summed E-state index contributed by atoms with van der Waals surface area (Å²) in [6, 6.07) is -1.13. The summed E-state index contributed by atoms with van der Waals surface area (Å²) in [5.41, 5.74) is 1.31. The minimum Gasteiger partial charge on any atom is -0.460 e. The van der Waals surface area contributed by atoms with Gasteiger partial charge in [0.05, 0.1) is 24.4 Å². The zero-order valence-electron chi connectivity index (χ0n) is 40.9. The number of carbonyl (C=O) groups excluding carboxylic acids is 5. The molecule has 0 aromatic heterocycles. The van der Waals surface area contributed by atoms with Crippen molar-refractivity contribution in [2.45, 2.75) is 193 Å². The van der Waals surface area contributed by atoms with E-state index in [4.69, 9.17) is 23.7 Å². The van der Waals surface area contributed by atoms with Crippen LogP contribution in [0.3, 0.4) is 0 Å². The van der Waals surface area contributed by atoms with Gasteiger partial charge in [0.15, 0.2) is 5.78 Å². The molecule has 2 saturated heterocycles.